The lowest BCUT2D eigenvalue weighted by molar-refractivity contribution is -0.192. The highest BCUT2D eigenvalue weighted by Gasteiger charge is 2.47. The molecular weight excluding hydrogens is 314 g/mol. The van der Waals surface area contributed by atoms with Gasteiger partial charge < -0.3 is 25.4 Å². The van der Waals surface area contributed by atoms with Gasteiger partial charge in [0.05, 0.1) is 6.10 Å². The molecule has 0 aromatic rings. The lowest BCUT2D eigenvalue weighted by Crippen LogP contribution is -2.56. The second-order valence-corrected chi connectivity index (χ2v) is 9.53. The van der Waals surface area contributed by atoms with Gasteiger partial charge in [-0.25, -0.2) is 0 Å². The van der Waals surface area contributed by atoms with E-state index in [1.165, 1.54) is 19.3 Å². The van der Waals surface area contributed by atoms with Crippen LogP contribution in [0.15, 0.2) is 0 Å². The van der Waals surface area contributed by atoms with Crippen molar-refractivity contribution in [3.8, 4) is 0 Å². The van der Waals surface area contributed by atoms with Crippen LogP contribution in [-0.4, -0.2) is 62.5 Å². The topological polar surface area (TPSA) is 82.0 Å². The molecule has 1 heterocycles. The van der Waals surface area contributed by atoms with Gasteiger partial charge in [0.15, 0.2) is 0 Å². The zero-order valence-corrected chi connectivity index (χ0v) is 15.1. The van der Waals surface area contributed by atoms with E-state index in [1.807, 2.05) is 0 Å². The molecule has 0 unspecified atom stereocenters. The molecule has 2 aliphatic carbocycles. The molecule has 0 bridgehead atoms. The maximum atomic E-state index is 10.2. The summed E-state index contributed by atoms with van der Waals surface area (Å²) in [5, 5.41) is 34.2. The van der Waals surface area contributed by atoms with Crippen molar-refractivity contribution < 1.29 is 20.1 Å². The monoisotopic (exact) mass is 345 g/mol. The Morgan fingerprint density at radius 1 is 1.04 bits per heavy atom. The van der Waals surface area contributed by atoms with E-state index in [9.17, 15) is 15.3 Å². The number of nitrogens with one attached hydrogen (secondary N) is 1. The summed E-state index contributed by atoms with van der Waals surface area (Å²) in [6.07, 6.45) is 2.46. The molecule has 0 aromatic heterocycles. The van der Waals surface area contributed by atoms with Crippen molar-refractivity contribution in [2.75, 3.05) is 0 Å². The van der Waals surface area contributed by atoms with Gasteiger partial charge in [-0.3, -0.25) is 0 Å². The third-order valence-corrected chi connectivity index (χ3v) is 7.64. The lowest BCUT2D eigenvalue weighted by atomic mass is 9.90. The van der Waals surface area contributed by atoms with Crippen LogP contribution in [0.1, 0.15) is 52.9 Å². The molecule has 0 aromatic carbocycles. The average molecular weight is 346 g/mol. The van der Waals surface area contributed by atoms with Crippen LogP contribution in [0.3, 0.4) is 0 Å². The number of ether oxygens (including phenoxy) is 1. The molecular formula is C17H31NO4S. The van der Waals surface area contributed by atoms with Crippen molar-refractivity contribution in [1.29, 1.82) is 0 Å². The molecule has 134 valence electrons. The van der Waals surface area contributed by atoms with Gasteiger partial charge in [-0.2, -0.15) is 0 Å². The number of rotatable bonds is 4. The van der Waals surface area contributed by atoms with Crippen LogP contribution in [0.4, 0.5) is 0 Å². The van der Waals surface area contributed by atoms with Crippen LogP contribution in [0.2, 0.25) is 0 Å². The maximum Gasteiger partial charge on any atom is 0.132 e. The van der Waals surface area contributed by atoms with Crippen LogP contribution < -0.4 is 5.32 Å². The normalized spacial score (nSPS) is 47.5. The largest absolute Gasteiger partial charge is 0.388 e. The molecule has 4 N–H and O–H groups in total. The second-order valence-electron chi connectivity index (χ2n) is 8.23. The van der Waals surface area contributed by atoms with Crippen LogP contribution in [-0.2, 0) is 4.74 Å². The zero-order chi connectivity index (χ0) is 16.8. The van der Waals surface area contributed by atoms with E-state index in [2.05, 4.69) is 19.2 Å². The minimum atomic E-state index is -1.13. The van der Waals surface area contributed by atoms with Gasteiger partial charge >= 0.3 is 0 Å². The van der Waals surface area contributed by atoms with Gasteiger partial charge in [-0.1, -0.05) is 20.3 Å². The molecule has 0 amide bonds. The first-order chi connectivity index (χ1) is 10.8. The fourth-order valence-electron chi connectivity index (χ4n) is 3.99. The summed E-state index contributed by atoms with van der Waals surface area (Å²) in [5.41, 5.74) is -0.311. The Bertz CT molecular complexity index is 417. The van der Waals surface area contributed by atoms with Gasteiger partial charge in [0.2, 0.25) is 0 Å². The Kier molecular flexibility index (Phi) is 5.31. The molecule has 0 spiro atoms. The number of aliphatic hydroxyl groups is 3. The summed E-state index contributed by atoms with van der Waals surface area (Å²) in [4.78, 5) is 0. The highest BCUT2D eigenvalue weighted by molar-refractivity contribution is 8.00. The molecule has 2 saturated carbocycles. The highest BCUT2D eigenvalue weighted by Crippen LogP contribution is 2.48. The molecule has 7 atom stereocenters. The third-order valence-electron chi connectivity index (χ3n) is 5.83. The van der Waals surface area contributed by atoms with Crippen molar-refractivity contribution in [3.63, 3.8) is 0 Å². The average Bonchev–Trinajstić information content (AvgIpc) is 2.72. The third kappa shape index (κ3) is 3.72. The first-order valence-electron chi connectivity index (χ1n) is 8.89. The molecule has 0 radical (unpaired) electrons. The van der Waals surface area contributed by atoms with Crippen molar-refractivity contribution in [1.82, 2.24) is 5.32 Å². The van der Waals surface area contributed by atoms with Crippen molar-refractivity contribution in [2.24, 2.45) is 5.41 Å². The summed E-state index contributed by atoms with van der Waals surface area (Å²) in [5.74, 6) is 0. The quantitative estimate of drug-likeness (QED) is 0.614. The molecule has 1 aliphatic heterocycles. The second kappa shape index (κ2) is 6.81. The highest BCUT2D eigenvalue weighted by atomic mass is 32.2. The van der Waals surface area contributed by atoms with Crippen LogP contribution in [0.5, 0.6) is 0 Å². The van der Waals surface area contributed by atoms with E-state index in [4.69, 9.17) is 4.74 Å². The van der Waals surface area contributed by atoms with E-state index >= 15 is 0 Å². The van der Waals surface area contributed by atoms with Gasteiger partial charge in [-0.05, 0) is 38.0 Å². The van der Waals surface area contributed by atoms with E-state index in [-0.39, 0.29) is 5.41 Å². The lowest BCUT2D eigenvalue weighted by Gasteiger charge is -2.41. The number of hydrogen-bond donors (Lipinski definition) is 4. The van der Waals surface area contributed by atoms with Crippen LogP contribution in [0, 0.1) is 5.41 Å². The summed E-state index contributed by atoms with van der Waals surface area (Å²) < 4.78 is 5.77. The summed E-state index contributed by atoms with van der Waals surface area (Å²) >= 11 is 1.63. The SMILES string of the molecule is C[C@@H]1O[C@@H](S[C@@H]2C[C@@H](NC3CCC3)CC2(C)C)[C@@H](O)[C@H](O)[C@@H]1O. The Labute approximate surface area is 143 Å². The van der Waals surface area contributed by atoms with Crippen molar-refractivity contribution in [2.45, 2.75) is 100 Å². The first kappa shape index (κ1) is 18.0. The van der Waals surface area contributed by atoms with Crippen molar-refractivity contribution >= 4 is 11.8 Å². The van der Waals surface area contributed by atoms with Crippen LogP contribution in [0.25, 0.3) is 0 Å². The standard InChI is InChI=1S/C17H31NO4S/c1-9-13(19)14(20)15(21)16(22-9)23-12-7-11(8-17(12,2)3)18-10-5-4-6-10/h9-16,18-21H,4-8H2,1-3H3/t9-,11+,12+,13+,14+,15-,16-/m0/s1. The molecule has 3 aliphatic rings. The molecule has 23 heavy (non-hydrogen) atoms. The Morgan fingerprint density at radius 3 is 2.35 bits per heavy atom. The minimum Gasteiger partial charge on any atom is -0.388 e. The fourth-order valence-corrected chi connectivity index (χ4v) is 5.68. The van der Waals surface area contributed by atoms with E-state index in [0.29, 0.717) is 17.3 Å². The van der Waals surface area contributed by atoms with Gasteiger partial charge in [0, 0.05) is 17.3 Å². The number of thioether (sulfide) groups is 1. The van der Waals surface area contributed by atoms with E-state index in [0.717, 1.165) is 12.8 Å². The van der Waals surface area contributed by atoms with Gasteiger partial charge in [0.1, 0.15) is 23.7 Å². The minimum absolute atomic E-state index is 0.166. The van der Waals surface area contributed by atoms with Crippen LogP contribution >= 0.6 is 11.8 Å². The first-order valence-corrected chi connectivity index (χ1v) is 9.83. The Hall–Kier alpha value is 0.150. The van der Waals surface area contributed by atoms with Crippen molar-refractivity contribution in [3.05, 3.63) is 0 Å². The van der Waals surface area contributed by atoms with E-state index < -0.39 is 29.9 Å². The van der Waals surface area contributed by atoms with E-state index in [1.54, 1.807) is 18.7 Å². The smallest absolute Gasteiger partial charge is 0.132 e. The Morgan fingerprint density at radius 2 is 1.74 bits per heavy atom. The molecule has 3 fully saturated rings. The fraction of sp³-hybridized carbons (Fsp3) is 1.00. The molecule has 5 nitrogen and oxygen atoms in total. The maximum absolute atomic E-state index is 10.2. The molecule has 1 saturated heterocycles. The molecule has 3 rings (SSSR count). The zero-order valence-electron chi connectivity index (χ0n) is 14.3. The molecule has 6 heteroatoms. The predicted octanol–water partition coefficient (Wildman–Crippen LogP) is 1.25. The number of aliphatic hydroxyl groups excluding tert-OH is 3. The predicted molar refractivity (Wildman–Crippen MR) is 91.3 cm³/mol. The summed E-state index contributed by atoms with van der Waals surface area (Å²) in [7, 11) is 0. The summed E-state index contributed by atoms with van der Waals surface area (Å²) in [6.45, 7) is 6.29. The Balaban J connectivity index is 1.59. The van der Waals surface area contributed by atoms with Gasteiger partial charge in [-0.15, -0.1) is 11.8 Å². The summed E-state index contributed by atoms with van der Waals surface area (Å²) in [6, 6.07) is 1.22. The van der Waals surface area contributed by atoms with Gasteiger partial charge in [0.25, 0.3) is 0 Å². The number of hydrogen-bond acceptors (Lipinski definition) is 6.